The molecule has 2 amide bonds. The Balaban J connectivity index is 1.73. The van der Waals surface area contributed by atoms with Crippen molar-refractivity contribution < 1.29 is 4.79 Å². The van der Waals surface area contributed by atoms with E-state index < -0.39 is 0 Å². The van der Waals surface area contributed by atoms with Gasteiger partial charge in [0, 0.05) is 32.2 Å². The molecule has 1 saturated heterocycles. The molecule has 2 rings (SSSR count). The Hall–Kier alpha value is -0.770. The third-order valence-corrected chi connectivity index (χ3v) is 3.29. The second-order valence-corrected chi connectivity index (χ2v) is 4.43. The minimum Gasteiger partial charge on any atom is -0.338 e. The zero-order chi connectivity index (χ0) is 10.7. The Labute approximate surface area is 91.6 Å². The number of hydrogen-bond donors (Lipinski definition) is 1. The summed E-state index contributed by atoms with van der Waals surface area (Å²) in [6.45, 7) is 7.00. The Bertz CT molecular complexity index is 228. The summed E-state index contributed by atoms with van der Waals surface area (Å²) in [6.07, 6.45) is 3.78. The Morgan fingerprint density at radius 1 is 1.53 bits per heavy atom. The van der Waals surface area contributed by atoms with Gasteiger partial charge in [0.05, 0.1) is 0 Å². The van der Waals surface area contributed by atoms with E-state index in [-0.39, 0.29) is 6.03 Å². The molecule has 0 aromatic heterocycles. The van der Waals surface area contributed by atoms with Gasteiger partial charge in [-0.3, -0.25) is 4.90 Å². The number of amides is 2. The topological polar surface area (TPSA) is 35.6 Å². The van der Waals surface area contributed by atoms with Gasteiger partial charge < -0.3 is 10.2 Å². The fourth-order valence-electron chi connectivity index (χ4n) is 2.18. The number of hydrogen-bond acceptors (Lipinski definition) is 2. The number of carbonyl (C=O) groups excluding carboxylic acids is 1. The molecule has 0 aromatic rings. The molecule has 1 heterocycles. The van der Waals surface area contributed by atoms with Gasteiger partial charge in [0.25, 0.3) is 0 Å². The van der Waals surface area contributed by atoms with E-state index >= 15 is 0 Å². The van der Waals surface area contributed by atoms with Crippen molar-refractivity contribution in [2.24, 2.45) is 0 Å². The van der Waals surface area contributed by atoms with Crippen molar-refractivity contribution >= 4 is 6.03 Å². The van der Waals surface area contributed by atoms with E-state index in [4.69, 9.17) is 0 Å². The number of likely N-dealkylation sites (N-methyl/N-ethyl adjacent to an activating group) is 1. The highest BCUT2D eigenvalue weighted by Crippen LogP contribution is 2.26. The maximum absolute atomic E-state index is 11.5. The molecular weight excluding hydrogens is 190 g/mol. The van der Waals surface area contributed by atoms with Crippen LogP contribution in [0.15, 0.2) is 0 Å². The second-order valence-electron chi connectivity index (χ2n) is 4.43. The lowest BCUT2D eigenvalue weighted by molar-refractivity contribution is 0.171. The van der Waals surface area contributed by atoms with Gasteiger partial charge in [-0.1, -0.05) is 6.92 Å². The number of nitrogens with zero attached hydrogens (tertiary/aromatic N) is 2. The molecule has 1 aliphatic carbocycles. The van der Waals surface area contributed by atoms with Gasteiger partial charge in [-0.15, -0.1) is 0 Å². The summed E-state index contributed by atoms with van der Waals surface area (Å²) >= 11 is 0. The molecule has 1 N–H and O–H groups in total. The summed E-state index contributed by atoms with van der Waals surface area (Å²) in [7, 11) is 0. The first-order chi connectivity index (χ1) is 7.31. The standard InChI is InChI=1S/C11H21N3O/c1-2-13(10-4-5-10)8-9-14-7-3-6-12-11(14)15/h10H,2-9H2,1H3,(H,12,15). The van der Waals surface area contributed by atoms with Crippen LogP contribution < -0.4 is 5.32 Å². The highest BCUT2D eigenvalue weighted by molar-refractivity contribution is 5.74. The molecule has 0 spiro atoms. The van der Waals surface area contributed by atoms with Gasteiger partial charge in [-0.05, 0) is 25.8 Å². The van der Waals surface area contributed by atoms with E-state index in [2.05, 4.69) is 17.1 Å². The van der Waals surface area contributed by atoms with E-state index in [0.717, 1.165) is 45.2 Å². The van der Waals surface area contributed by atoms with E-state index in [1.54, 1.807) is 0 Å². The number of nitrogens with one attached hydrogen (secondary N) is 1. The van der Waals surface area contributed by atoms with Crippen molar-refractivity contribution in [3.8, 4) is 0 Å². The molecule has 86 valence electrons. The zero-order valence-electron chi connectivity index (χ0n) is 9.54. The maximum Gasteiger partial charge on any atom is 0.317 e. The highest BCUT2D eigenvalue weighted by atomic mass is 16.2. The molecule has 0 atom stereocenters. The minimum absolute atomic E-state index is 0.119. The van der Waals surface area contributed by atoms with Crippen molar-refractivity contribution in [3.63, 3.8) is 0 Å². The van der Waals surface area contributed by atoms with Crippen LogP contribution in [0.25, 0.3) is 0 Å². The molecule has 4 heteroatoms. The first-order valence-corrected chi connectivity index (χ1v) is 6.08. The van der Waals surface area contributed by atoms with Gasteiger partial charge in [-0.2, -0.15) is 0 Å². The Morgan fingerprint density at radius 3 is 2.93 bits per heavy atom. The van der Waals surface area contributed by atoms with Crippen molar-refractivity contribution in [2.45, 2.75) is 32.2 Å². The molecule has 0 radical (unpaired) electrons. The van der Waals surface area contributed by atoms with Gasteiger partial charge in [-0.25, -0.2) is 4.79 Å². The van der Waals surface area contributed by atoms with Crippen LogP contribution in [0.3, 0.4) is 0 Å². The summed E-state index contributed by atoms with van der Waals surface area (Å²) in [5.74, 6) is 0. The monoisotopic (exact) mass is 211 g/mol. The van der Waals surface area contributed by atoms with Crippen LogP contribution in [0, 0.1) is 0 Å². The van der Waals surface area contributed by atoms with Crippen LogP contribution in [0.2, 0.25) is 0 Å². The number of carbonyl (C=O) groups is 1. The molecule has 0 aromatic carbocycles. The molecule has 1 aliphatic heterocycles. The molecule has 1 saturated carbocycles. The van der Waals surface area contributed by atoms with Gasteiger partial charge in [0.2, 0.25) is 0 Å². The molecule has 0 bridgehead atoms. The summed E-state index contributed by atoms with van der Waals surface area (Å²) < 4.78 is 0. The highest BCUT2D eigenvalue weighted by Gasteiger charge is 2.28. The Morgan fingerprint density at radius 2 is 2.33 bits per heavy atom. The van der Waals surface area contributed by atoms with Crippen LogP contribution in [0.5, 0.6) is 0 Å². The van der Waals surface area contributed by atoms with Crippen molar-refractivity contribution in [1.29, 1.82) is 0 Å². The summed E-state index contributed by atoms with van der Waals surface area (Å²) in [6, 6.07) is 0.927. The molecule has 15 heavy (non-hydrogen) atoms. The van der Waals surface area contributed by atoms with Gasteiger partial charge >= 0.3 is 6.03 Å². The molecule has 2 aliphatic rings. The van der Waals surface area contributed by atoms with Crippen LogP contribution in [-0.4, -0.2) is 54.6 Å². The van der Waals surface area contributed by atoms with Crippen LogP contribution in [-0.2, 0) is 0 Å². The first-order valence-electron chi connectivity index (χ1n) is 6.08. The smallest absolute Gasteiger partial charge is 0.317 e. The Kier molecular flexibility index (Phi) is 3.46. The summed E-state index contributed by atoms with van der Waals surface area (Å²) in [4.78, 5) is 15.9. The summed E-state index contributed by atoms with van der Waals surface area (Å²) in [5.41, 5.74) is 0. The normalized spacial score (nSPS) is 22.0. The first kappa shape index (κ1) is 10.7. The summed E-state index contributed by atoms with van der Waals surface area (Å²) in [5, 5.41) is 2.89. The van der Waals surface area contributed by atoms with E-state index in [9.17, 15) is 4.79 Å². The number of rotatable bonds is 5. The lowest BCUT2D eigenvalue weighted by Gasteiger charge is -2.30. The second kappa shape index (κ2) is 4.84. The van der Waals surface area contributed by atoms with E-state index in [0.29, 0.717) is 0 Å². The third kappa shape index (κ3) is 2.84. The molecule has 2 fully saturated rings. The average molecular weight is 211 g/mol. The van der Waals surface area contributed by atoms with E-state index in [1.807, 2.05) is 4.90 Å². The maximum atomic E-state index is 11.5. The molecule has 4 nitrogen and oxygen atoms in total. The quantitative estimate of drug-likeness (QED) is 0.733. The van der Waals surface area contributed by atoms with Gasteiger partial charge in [0.15, 0.2) is 0 Å². The largest absolute Gasteiger partial charge is 0.338 e. The molecular formula is C11H21N3O. The molecule has 0 unspecified atom stereocenters. The fraction of sp³-hybridized carbons (Fsp3) is 0.909. The van der Waals surface area contributed by atoms with Gasteiger partial charge in [0.1, 0.15) is 0 Å². The average Bonchev–Trinajstić information content (AvgIpc) is 3.06. The predicted octanol–water partition coefficient (Wildman–Crippen LogP) is 0.886. The zero-order valence-corrected chi connectivity index (χ0v) is 9.54. The SMILES string of the molecule is CCN(CCN1CCCNC1=O)C1CC1. The van der Waals surface area contributed by atoms with Crippen LogP contribution in [0.4, 0.5) is 4.79 Å². The van der Waals surface area contributed by atoms with Crippen molar-refractivity contribution in [2.75, 3.05) is 32.7 Å². The minimum atomic E-state index is 0.119. The lowest BCUT2D eigenvalue weighted by atomic mass is 10.3. The van der Waals surface area contributed by atoms with Crippen molar-refractivity contribution in [1.82, 2.24) is 15.1 Å². The predicted molar refractivity (Wildman–Crippen MR) is 59.9 cm³/mol. The third-order valence-electron chi connectivity index (χ3n) is 3.29. The lowest BCUT2D eigenvalue weighted by Crippen LogP contribution is -2.49. The van der Waals surface area contributed by atoms with Crippen LogP contribution >= 0.6 is 0 Å². The van der Waals surface area contributed by atoms with Crippen molar-refractivity contribution in [3.05, 3.63) is 0 Å². The van der Waals surface area contributed by atoms with E-state index in [1.165, 1.54) is 12.8 Å². The van der Waals surface area contributed by atoms with Crippen LogP contribution in [0.1, 0.15) is 26.2 Å². The fourth-order valence-corrected chi connectivity index (χ4v) is 2.18. The number of urea groups is 1.